The van der Waals surface area contributed by atoms with Crippen LogP contribution in [0.3, 0.4) is 0 Å². The van der Waals surface area contributed by atoms with Gasteiger partial charge in [-0.2, -0.15) is 0 Å². The SMILES string of the molecule is CC1(C)CC(NC(=O)C2CCCN(C(=O)c3cccs3)C2)CC(C)(C)N1. The molecular formula is C20H31N3O2S. The predicted octanol–water partition coefficient (Wildman–Crippen LogP) is 3.03. The minimum absolute atomic E-state index is 0.00737. The van der Waals surface area contributed by atoms with Crippen molar-refractivity contribution < 1.29 is 9.59 Å². The van der Waals surface area contributed by atoms with Gasteiger partial charge in [-0.05, 0) is 64.8 Å². The van der Waals surface area contributed by atoms with Crippen molar-refractivity contribution in [3.05, 3.63) is 22.4 Å². The van der Waals surface area contributed by atoms with Crippen LogP contribution in [0.5, 0.6) is 0 Å². The maximum Gasteiger partial charge on any atom is 0.263 e. The van der Waals surface area contributed by atoms with Crippen LogP contribution >= 0.6 is 11.3 Å². The van der Waals surface area contributed by atoms with Crippen molar-refractivity contribution >= 4 is 23.2 Å². The number of hydrogen-bond acceptors (Lipinski definition) is 4. The van der Waals surface area contributed by atoms with Crippen LogP contribution in [0, 0.1) is 5.92 Å². The number of hydrogen-bond donors (Lipinski definition) is 2. The summed E-state index contributed by atoms with van der Waals surface area (Å²) in [4.78, 5) is 28.1. The molecule has 2 fully saturated rings. The molecule has 3 heterocycles. The minimum atomic E-state index is -0.103. The first-order valence-corrected chi connectivity index (χ1v) is 10.5. The fourth-order valence-electron chi connectivity index (χ4n) is 4.68. The van der Waals surface area contributed by atoms with Crippen molar-refractivity contribution in [2.24, 2.45) is 5.92 Å². The summed E-state index contributed by atoms with van der Waals surface area (Å²) in [6.45, 7) is 10.0. The van der Waals surface area contributed by atoms with Gasteiger partial charge in [0.05, 0.1) is 10.8 Å². The Kier molecular flexibility index (Phi) is 5.45. The Balaban J connectivity index is 1.60. The Morgan fingerprint density at radius 2 is 1.92 bits per heavy atom. The van der Waals surface area contributed by atoms with Gasteiger partial charge in [0.2, 0.25) is 5.91 Å². The molecule has 1 aromatic heterocycles. The van der Waals surface area contributed by atoms with E-state index < -0.39 is 0 Å². The second-order valence-corrected chi connectivity index (χ2v) is 10.0. The van der Waals surface area contributed by atoms with E-state index in [1.807, 2.05) is 22.4 Å². The van der Waals surface area contributed by atoms with E-state index in [1.54, 1.807) is 0 Å². The zero-order valence-corrected chi connectivity index (χ0v) is 17.1. The summed E-state index contributed by atoms with van der Waals surface area (Å²) >= 11 is 1.46. The lowest BCUT2D eigenvalue weighted by atomic mass is 9.79. The van der Waals surface area contributed by atoms with Gasteiger partial charge in [0.25, 0.3) is 5.91 Å². The molecule has 144 valence electrons. The van der Waals surface area contributed by atoms with E-state index in [-0.39, 0.29) is 34.9 Å². The van der Waals surface area contributed by atoms with E-state index in [2.05, 4.69) is 38.3 Å². The molecule has 2 saturated heterocycles. The third-order valence-corrected chi connectivity index (χ3v) is 6.21. The number of likely N-dealkylation sites (tertiary alicyclic amines) is 1. The van der Waals surface area contributed by atoms with Gasteiger partial charge in [0, 0.05) is 30.2 Å². The number of thiophene rings is 1. The molecular weight excluding hydrogens is 346 g/mol. The summed E-state index contributed by atoms with van der Waals surface area (Å²) in [5, 5.41) is 8.85. The number of nitrogens with one attached hydrogen (secondary N) is 2. The van der Waals surface area contributed by atoms with Gasteiger partial charge in [0.15, 0.2) is 0 Å². The summed E-state index contributed by atoms with van der Waals surface area (Å²) in [6.07, 6.45) is 3.59. The summed E-state index contributed by atoms with van der Waals surface area (Å²) in [7, 11) is 0. The van der Waals surface area contributed by atoms with Crippen LogP contribution in [0.4, 0.5) is 0 Å². The quantitative estimate of drug-likeness (QED) is 0.851. The molecule has 0 aromatic carbocycles. The predicted molar refractivity (Wildman–Crippen MR) is 105 cm³/mol. The van der Waals surface area contributed by atoms with Crippen LogP contribution in [0.25, 0.3) is 0 Å². The van der Waals surface area contributed by atoms with E-state index in [1.165, 1.54) is 11.3 Å². The number of piperidine rings is 2. The number of carbonyl (C=O) groups excluding carboxylic acids is 2. The molecule has 5 nitrogen and oxygen atoms in total. The molecule has 0 saturated carbocycles. The summed E-state index contributed by atoms with van der Waals surface area (Å²) in [5.41, 5.74) is 0.0147. The van der Waals surface area contributed by atoms with Gasteiger partial charge >= 0.3 is 0 Å². The Morgan fingerprint density at radius 3 is 2.54 bits per heavy atom. The highest BCUT2D eigenvalue weighted by Crippen LogP contribution is 2.29. The van der Waals surface area contributed by atoms with Crippen LogP contribution in [-0.2, 0) is 4.79 Å². The lowest BCUT2D eigenvalue weighted by Crippen LogP contribution is -2.62. The average Bonchev–Trinajstić information content (AvgIpc) is 3.05. The van der Waals surface area contributed by atoms with E-state index in [0.717, 1.165) is 37.1 Å². The first kappa shape index (κ1) is 19.4. The zero-order chi connectivity index (χ0) is 18.9. The number of nitrogens with zero attached hydrogens (tertiary/aromatic N) is 1. The van der Waals surface area contributed by atoms with Crippen LogP contribution < -0.4 is 10.6 Å². The van der Waals surface area contributed by atoms with E-state index in [0.29, 0.717) is 6.54 Å². The molecule has 0 radical (unpaired) electrons. The zero-order valence-electron chi connectivity index (χ0n) is 16.3. The van der Waals surface area contributed by atoms with Gasteiger partial charge in [0.1, 0.15) is 0 Å². The fraction of sp³-hybridized carbons (Fsp3) is 0.700. The standard InChI is InChI=1S/C20H31N3O2S/c1-19(2)11-15(12-20(3,4)22-19)21-17(24)14-7-5-9-23(13-14)18(25)16-8-6-10-26-16/h6,8,10,14-15,22H,5,7,9,11-13H2,1-4H3,(H,21,24). The Bertz CT molecular complexity index is 638. The summed E-state index contributed by atoms with van der Waals surface area (Å²) in [6, 6.07) is 3.93. The third-order valence-electron chi connectivity index (χ3n) is 5.35. The van der Waals surface area contributed by atoms with Crippen LogP contribution in [0.15, 0.2) is 17.5 Å². The van der Waals surface area contributed by atoms with Crippen LogP contribution in [0.1, 0.15) is 63.0 Å². The van der Waals surface area contributed by atoms with Crippen molar-refractivity contribution in [1.29, 1.82) is 0 Å². The van der Waals surface area contributed by atoms with Gasteiger partial charge in [-0.3, -0.25) is 9.59 Å². The number of carbonyl (C=O) groups is 2. The minimum Gasteiger partial charge on any atom is -0.353 e. The first-order chi connectivity index (χ1) is 12.2. The highest BCUT2D eigenvalue weighted by atomic mass is 32.1. The first-order valence-electron chi connectivity index (χ1n) is 9.58. The topological polar surface area (TPSA) is 61.4 Å². The second kappa shape index (κ2) is 7.31. The molecule has 1 aromatic rings. The average molecular weight is 378 g/mol. The Labute approximate surface area is 160 Å². The molecule has 0 aliphatic carbocycles. The molecule has 2 N–H and O–H groups in total. The molecule has 2 amide bonds. The molecule has 26 heavy (non-hydrogen) atoms. The van der Waals surface area contributed by atoms with Gasteiger partial charge in [-0.25, -0.2) is 0 Å². The smallest absolute Gasteiger partial charge is 0.263 e. The van der Waals surface area contributed by atoms with Crippen molar-refractivity contribution in [3.8, 4) is 0 Å². The van der Waals surface area contributed by atoms with E-state index in [9.17, 15) is 9.59 Å². The number of rotatable bonds is 3. The van der Waals surface area contributed by atoms with Crippen molar-refractivity contribution in [2.75, 3.05) is 13.1 Å². The molecule has 3 rings (SSSR count). The normalized spacial score (nSPS) is 25.7. The lowest BCUT2D eigenvalue weighted by molar-refractivity contribution is -0.127. The maximum absolute atomic E-state index is 12.9. The Morgan fingerprint density at radius 1 is 1.23 bits per heavy atom. The molecule has 6 heteroatoms. The van der Waals surface area contributed by atoms with Crippen molar-refractivity contribution in [1.82, 2.24) is 15.5 Å². The molecule has 2 aliphatic heterocycles. The van der Waals surface area contributed by atoms with Gasteiger partial charge in [-0.15, -0.1) is 11.3 Å². The number of amides is 2. The summed E-state index contributed by atoms with van der Waals surface area (Å²) in [5.74, 6) is 0.0579. The van der Waals surface area contributed by atoms with Gasteiger partial charge in [-0.1, -0.05) is 6.07 Å². The molecule has 1 unspecified atom stereocenters. The van der Waals surface area contributed by atoms with E-state index >= 15 is 0 Å². The molecule has 1 atom stereocenters. The van der Waals surface area contributed by atoms with Crippen molar-refractivity contribution in [2.45, 2.75) is 70.5 Å². The van der Waals surface area contributed by atoms with Crippen LogP contribution in [-0.4, -0.2) is 46.9 Å². The molecule has 0 bridgehead atoms. The maximum atomic E-state index is 12.9. The monoisotopic (exact) mass is 377 g/mol. The van der Waals surface area contributed by atoms with Gasteiger partial charge < -0.3 is 15.5 Å². The Hall–Kier alpha value is -1.40. The highest BCUT2D eigenvalue weighted by Gasteiger charge is 2.39. The second-order valence-electron chi connectivity index (χ2n) is 9.07. The largest absolute Gasteiger partial charge is 0.353 e. The van der Waals surface area contributed by atoms with Crippen LogP contribution in [0.2, 0.25) is 0 Å². The lowest BCUT2D eigenvalue weighted by Gasteiger charge is -2.47. The summed E-state index contributed by atoms with van der Waals surface area (Å²) < 4.78 is 0. The van der Waals surface area contributed by atoms with Crippen molar-refractivity contribution in [3.63, 3.8) is 0 Å². The van der Waals surface area contributed by atoms with E-state index in [4.69, 9.17) is 0 Å². The molecule has 0 spiro atoms. The highest BCUT2D eigenvalue weighted by molar-refractivity contribution is 7.12. The fourth-order valence-corrected chi connectivity index (χ4v) is 5.37. The third kappa shape index (κ3) is 4.65. The molecule has 2 aliphatic rings.